The summed E-state index contributed by atoms with van der Waals surface area (Å²) >= 11 is 0. The van der Waals surface area contributed by atoms with Crippen LogP contribution in [0.25, 0.3) is 16.9 Å². The van der Waals surface area contributed by atoms with Crippen LogP contribution < -0.4 is 0 Å². The molecule has 93 heavy (non-hydrogen) atoms. The first-order chi connectivity index (χ1) is 45.9. The van der Waals surface area contributed by atoms with Crippen molar-refractivity contribution in [3.8, 4) is 0 Å². The summed E-state index contributed by atoms with van der Waals surface area (Å²) < 4.78 is 1.73. The molecule has 2 nitrogen and oxygen atoms in total. The van der Waals surface area contributed by atoms with Gasteiger partial charge in [0.05, 0.1) is 0 Å². The van der Waals surface area contributed by atoms with Gasteiger partial charge in [-0.1, -0.05) is 404 Å². The number of hydrogen-bond donors (Lipinski definition) is 0. The number of hydrogen-bond acceptors (Lipinski definition) is 0. The molecule has 0 aliphatic carbocycles. The standard InChI is InChI=1S/C91H158N2/c1-9-17-21-24-27-30-33-35-37-39-41-43-45-48-50-53-56-59-66-80(13-5)78-82(15-7)74-76-84-68-62-64-71-86(84)90-88(70-20-12-4)89(73-61-58-55-52-47-32-29-26-23-19-11-3)91(93(90)92)87-72-65-63-69-85(87)77-75-83(16-8)79-81(14-6)67-60-57-54-51-49-46-44-42-40-38-36-34-31-28-25-22-18-10-2/h62-65,68-69,71-72,78-79,82-83H,9-61,66-67,70,73-77H2,1-8H3. The minimum absolute atomic E-state index is 0.576. The number of rotatable bonds is 67. The molecule has 1 aliphatic rings. The van der Waals surface area contributed by atoms with Crippen LogP contribution in [0.2, 0.25) is 0 Å². The molecule has 2 atom stereocenters. The van der Waals surface area contributed by atoms with E-state index in [0.29, 0.717) is 11.8 Å². The van der Waals surface area contributed by atoms with Crippen LogP contribution in [0.3, 0.4) is 0 Å². The maximum atomic E-state index is 13.2. The predicted molar refractivity (Wildman–Crippen MR) is 419 cm³/mol. The first kappa shape index (κ1) is 84.2. The third-order valence-electron chi connectivity index (χ3n) is 21.9. The molecule has 0 amide bonds. The van der Waals surface area contributed by atoms with E-state index < -0.39 is 0 Å². The van der Waals surface area contributed by atoms with Crippen LogP contribution in [0.15, 0.2) is 83.0 Å². The molecule has 0 N–H and O–H groups in total. The number of nitrogens with zero attached hydrogens (tertiary/aromatic N) is 2. The van der Waals surface area contributed by atoms with Gasteiger partial charge in [-0.3, -0.25) is 0 Å². The summed E-state index contributed by atoms with van der Waals surface area (Å²) in [4.78, 5) is 0. The van der Waals surface area contributed by atoms with E-state index >= 15 is 0 Å². The van der Waals surface area contributed by atoms with E-state index in [2.05, 4.69) is 116 Å². The summed E-state index contributed by atoms with van der Waals surface area (Å²) in [5.74, 6) is 1.15. The van der Waals surface area contributed by atoms with Crippen LogP contribution in [0.4, 0.5) is 0 Å². The zero-order chi connectivity index (χ0) is 66.7. The van der Waals surface area contributed by atoms with Crippen molar-refractivity contribution in [2.75, 3.05) is 0 Å². The summed E-state index contributed by atoms with van der Waals surface area (Å²) in [6.07, 6.45) is 87.7. The largest absolute Gasteiger partial charge is 0.493 e. The van der Waals surface area contributed by atoms with Crippen molar-refractivity contribution < 1.29 is 4.70 Å². The molecular formula is C91H158N2. The zero-order valence-corrected chi connectivity index (χ0v) is 64.0. The topological polar surface area (TPSA) is 25.3 Å². The Morgan fingerprint density at radius 1 is 0.301 bits per heavy atom. The van der Waals surface area contributed by atoms with E-state index in [4.69, 9.17) is 0 Å². The molecule has 0 radical (unpaired) electrons. The van der Waals surface area contributed by atoms with Crippen molar-refractivity contribution in [3.05, 3.63) is 111 Å². The third kappa shape index (κ3) is 39.9. The van der Waals surface area contributed by atoms with Gasteiger partial charge in [0.2, 0.25) is 11.4 Å². The Hall–Kier alpha value is -3.00. The highest BCUT2D eigenvalue weighted by atomic mass is 15.2. The summed E-state index contributed by atoms with van der Waals surface area (Å²) in [6, 6.07) is 18.5. The molecule has 3 rings (SSSR count). The van der Waals surface area contributed by atoms with Crippen LogP contribution in [-0.4, -0.2) is 4.70 Å². The quantitative estimate of drug-likeness (QED) is 0.0358. The number of allylic oxidation sites excluding steroid dienone is 6. The monoisotopic (exact) mass is 1280 g/mol. The second-order valence-electron chi connectivity index (χ2n) is 30.0. The van der Waals surface area contributed by atoms with Gasteiger partial charge in [-0.2, -0.15) is 0 Å². The van der Waals surface area contributed by atoms with Crippen LogP contribution in [0.5, 0.6) is 0 Å². The average Bonchev–Trinajstić information content (AvgIpc) is 1.61. The molecule has 0 aromatic heterocycles. The first-order valence-electron chi connectivity index (χ1n) is 42.4. The average molecular weight is 1280 g/mol. The van der Waals surface area contributed by atoms with Gasteiger partial charge in [0.25, 0.3) is 0 Å². The van der Waals surface area contributed by atoms with Crippen molar-refractivity contribution in [1.82, 2.24) is 0 Å². The number of aryl methyl sites for hydroxylation is 2. The molecule has 1 aliphatic heterocycles. The minimum atomic E-state index is 0.576. The lowest BCUT2D eigenvalue weighted by Crippen LogP contribution is -2.08. The maximum Gasteiger partial charge on any atom is 0.211 e. The van der Waals surface area contributed by atoms with Crippen molar-refractivity contribution >= 4 is 11.4 Å². The highest BCUT2D eigenvalue weighted by Gasteiger charge is 2.37. The Bertz CT molecular complexity index is 2200. The molecule has 2 unspecified atom stereocenters. The molecule has 2 aromatic rings. The molecule has 0 spiro atoms. The normalized spacial score (nSPS) is 13.8. The van der Waals surface area contributed by atoms with Gasteiger partial charge in [-0.25, -0.2) is 4.70 Å². The highest BCUT2D eigenvalue weighted by molar-refractivity contribution is 5.83. The van der Waals surface area contributed by atoms with Gasteiger partial charge < -0.3 is 5.53 Å². The van der Waals surface area contributed by atoms with Gasteiger partial charge >= 0.3 is 0 Å². The lowest BCUT2D eigenvalue weighted by molar-refractivity contribution is -0.345. The van der Waals surface area contributed by atoms with Gasteiger partial charge in [-0.15, -0.1) is 0 Å². The van der Waals surface area contributed by atoms with Gasteiger partial charge in [0.15, 0.2) is 0 Å². The molecule has 0 bridgehead atoms. The van der Waals surface area contributed by atoms with E-state index in [9.17, 15) is 5.53 Å². The smallest absolute Gasteiger partial charge is 0.211 e. The zero-order valence-electron chi connectivity index (χ0n) is 64.0. The van der Waals surface area contributed by atoms with Gasteiger partial charge in [0.1, 0.15) is 0 Å². The number of unbranched alkanes of at least 4 members (excludes halogenated alkanes) is 45. The third-order valence-corrected chi connectivity index (χ3v) is 21.9. The van der Waals surface area contributed by atoms with Crippen molar-refractivity contribution in [2.24, 2.45) is 11.8 Å². The molecule has 2 aromatic carbocycles. The Morgan fingerprint density at radius 2 is 0.548 bits per heavy atom. The summed E-state index contributed by atoms with van der Waals surface area (Å²) in [7, 11) is 0. The summed E-state index contributed by atoms with van der Waals surface area (Å²) in [5, 5.41) is 0. The van der Waals surface area contributed by atoms with Crippen molar-refractivity contribution in [2.45, 2.75) is 447 Å². The Balaban J connectivity index is 1.66. The molecule has 532 valence electrons. The molecule has 2 heteroatoms. The van der Waals surface area contributed by atoms with E-state index in [1.165, 1.54) is 374 Å². The van der Waals surface area contributed by atoms with Crippen LogP contribution >= 0.6 is 0 Å². The molecule has 0 saturated carbocycles. The SMILES string of the molecule is CCCCCCCCCCCCCCCCCCCCC(=CC(CC)CCc1ccccc1C1=C(CCCC)C(CCCCCCCCCCCCC)=C(c2ccccc2CCC(C=C(CC)CCCCCCCCCCCCCCCCCCCC)CC)[N+]1=[N-])CC. The van der Waals surface area contributed by atoms with Crippen molar-refractivity contribution in [1.29, 1.82) is 0 Å². The lowest BCUT2D eigenvalue weighted by atomic mass is 9.87. The van der Waals surface area contributed by atoms with Crippen LogP contribution in [0.1, 0.15) is 456 Å². The number of benzene rings is 2. The fourth-order valence-corrected chi connectivity index (χ4v) is 15.4. The van der Waals surface area contributed by atoms with Crippen LogP contribution in [0, 0.1) is 11.8 Å². The van der Waals surface area contributed by atoms with E-state index in [-0.39, 0.29) is 0 Å². The lowest BCUT2D eigenvalue weighted by Gasteiger charge is -2.18. The van der Waals surface area contributed by atoms with Gasteiger partial charge in [0, 0.05) is 22.3 Å². The van der Waals surface area contributed by atoms with Crippen molar-refractivity contribution in [3.63, 3.8) is 0 Å². The maximum absolute atomic E-state index is 13.2. The summed E-state index contributed by atoms with van der Waals surface area (Å²) in [5.41, 5.74) is 26.8. The van der Waals surface area contributed by atoms with E-state index in [0.717, 1.165) is 62.8 Å². The molecule has 0 fully saturated rings. The second kappa shape index (κ2) is 60.2. The predicted octanol–water partition coefficient (Wildman–Crippen LogP) is 32.2. The van der Waals surface area contributed by atoms with E-state index in [1.54, 1.807) is 15.8 Å². The molecular weight excluding hydrogens is 1120 g/mol. The summed E-state index contributed by atoms with van der Waals surface area (Å²) in [6.45, 7) is 18.9. The Labute approximate surface area is 582 Å². The Kier molecular flexibility index (Phi) is 54.5. The minimum Gasteiger partial charge on any atom is -0.493 e. The second-order valence-corrected chi connectivity index (χ2v) is 30.0. The Morgan fingerprint density at radius 3 is 0.817 bits per heavy atom. The fraction of sp³-hybridized carbons (Fsp3) is 0.780. The first-order valence-corrected chi connectivity index (χ1v) is 42.4. The highest BCUT2D eigenvalue weighted by Crippen LogP contribution is 2.46. The molecule has 0 saturated heterocycles. The van der Waals surface area contributed by atoms with E-state index in [1.807, 2.05) is 0 Å². The molecule has 1 heterocycles. The van der Waals surface area contributed by atoms with Crippen LogP contribution in [-0.2, 0) is 12.8 Å². The van der Waals surface area contributed by atoms with Gasteiger partial charge in [-0.05, 0) is 138 Å². The fourth-order valence-electron chi connectivity index (χ4n) is 15.4.